The van der Waals surface area contributed by atoms with E-state index >= 15 is 0 Å². The Morgan fingerprint density at radius 1 is 1.04 bits per heavy atom. The van der Waals surface area contributed by atoms with Crippen molar-refractivity contribution < 1.29 is 14.6 Å². The third kappa shape index (κ3) is 4.12. The van der Waals surface area contributed by atoms with Gasteiger partial charge in [0.05, 0.1) is 30.5 Å². The second-order valence-corrected chi connectivity index (χ2v) is 6.19. The van der Waals surface area contributed by atoms with Crippen LogP contribution in [0.4, 0.5) is 0 Å². The van der Waals surface area contributed by atoms with Crippen LogP contribution in [0.5, 0.6) is 11.5 Å². The molecule has 1 unspecified atom stereocenters. The summed E-state index contributed by atoms with van der Waals surface area (Å²) in [4.78, 5) is 4.42. The lowest BCUT2D eigenvalue weighted by Gasteiger charge is -2.14. The molecule has 0 aliphatic rings. The summed E-state index contributed by atoms with van der Waals surface area (Å²) in [6.07, 6.45) is 1.15. The molecule has 5 heteroatoms. The molecule has 0 saturated carbocycles. The van der Waals surface area contributed by atoms with E-state index in [0.717, 1.165) is 16.8 Å². The summed E-state index contributed by atoms with van der Waals surface area (Å²) in [6.45, 7) is 7.40. The summed E-state index contributed by atoms with van der Waals surface area (Å²) in [6, 6.07) is 11.6. The average molecular weight is 340 g/mol. The molecule has 2 aromatic carbocycles. The Labute approximate surface area is 147 Å². The number of aliphatic hydroxyl groups is 1. The minimum atomic E-state index is -0.620. The molecule has 1 aromatic heterocycles. The van der Waals surface area contributed by atoms with Crippen LogP contribution in [0, 0.1) is 13.8 Å². The molecule has 1 N–H and O–H groups in total. The van der Waals surface area contributed by atoms with Crippen LogP contribution in [0.3, 0.4) is 0 Å². The van der Waals surface area contributed by atoms with Gasteiger partial charge in [0.15, 0.2) is 0 Å². The zero-order valence-electron chi connectivity index (χ0n) is 14.9. The first-order valence-corrected chi connectivity index (χ1v) is 8.52. The van der Waals surface area contributed by atoms with Crippen LogP contribution in [0.25, 0.3) is 11.0 Å². The van der Waals surface area contributed by atoms with Crippen molar-refractivity contribution in [2.24, 2.45) is 0 Å². The average Bonchev–Trinajstić information content (AvgIpc) is 2.97. The summed E-state index contributed by atoms with van der Waals surface area (Å²) in [5.74, 6) is 1.52. The van der Waals surface area contributed by atoms with Gasteiger partial charge in [0.25, 0.3) is 0 Å². The SMILES string of the molecule is CCOc1ccc(OCC(O)Cn2cnc3cc(C)c(C)cc32)cc1. The minimum Gasteiger partial charge on any atom is -0.494 e. The molecule has 1 heterocycles. The highest BCUT2D eigenvalue weighted by atomic mass is 16.5. The molecule has 3 rings (SSSR count). The highest BCUT2D eigenvalue weighted by Gasteiger charge is 2.11. The molecule has 132 valence electrons. The lowest BCUT2D eigenvalue weighted by atomic mass is 10.1. The van der Waals surface area contributed by atoms with Crippen molar-refractivity contribution >= 4 is 11.0 Å². The molecule has 0 fully saturated rings. The number of nitrogens with zero attached hydrogens (tertiary/aromatic N) is 2. The largest absolute Gasteiger partial charge is 0.494 e. The van der Waals surface area contributed by atoms with Crippen LogP contribution in [0.2, 0.25) is 0 Å². The number of aryl methyl sites for hydroxylation is 2. The quantitative estimate of drug-likeness (QED) is 0.715. The Hall–Kier alpha value is -2.53. The monoisotopic (exact) mass is 340 g/mol. The Bertz CT molecular complexity index is 840. The third-order valence-corrected chi connectivity index (χ3v) is 4.22. The van der Waals surface area contributed by atoms with Crippen molar-refractivity contribution in [3.05, 3.63) is 53.9 Å². The van der Waals surface area contributed by atoms with E-state index in [4.69, 9.17) is 9.47 Å². The second-order valence-electron chi connectivity index (χ2n) is 6.19. The number of hydrogen-bond acceptors (Lipinski definition) is 4. The number of ether oxygens (including phenoxy) is 2. The number of rotatable bonds is 7. The van der Waals surface area contributed by atoms with Crippen LogP contribution in [-0.2, 0) is 6.54 Å². The molecule has 0 bridgehead atoms. The smallest absolute Gasteiger partial charge is 0.119 e. The van der Waals surface area contributed by atoms with Gasteiger partial charge in [0.1, 0.15) is 24.2 Å². The molecule has 25 heavy (non-hydrogen) atoms. The molecular weight excluding hydrogens is 316 g/mol. The van der Waals surface area contributed by atoms with Gasteiger partial charge in [-0.1, -0.05) is 0 Å². The number of aliphatic hydroxyl groups excluding tert-OH is 1. The summed E-state index contributed by atoms with van der Waals surface area (Å²) >= 11 is 0. The number of benzene rings is 2. The number of imidazole rings is 1. The Balaban J connectivity index is 1.61. The first-order valence-electron chi connectivity index (χ1n) is 8.52. The lowest BCUT2D eigenvalue weighted by molar-refractivity contribution is 0.0934. The van der Waals surface area contributed by atoms with Gasteiger partial charge in [-0.3, -0.25) is 0 Å². The standard InChI is InChI=1S/C20H24N2O3/c1-4-24-17-5-7-18(8-6-17)25-12-16(23)11-22-13-21-19-9-14(2)15(3)10-20(19)22/h5-10,13,16,23H,4,11-12H2,1-3H3. The van der Waals surface area contributed by atoms with E-state index in [9.17, 15) is 5.11 Å². The van der Waals surface area contributed by atoms with Gasteiger partial charge < -0.3 is 19.1 Å². The molecule has 0 saturated heterocycles. The maximum absolute atomic E-state index is 10.3. The first-order chi connectivity index (χ1) is 12.1. The Kier molecular flexibility index (Phi) is 5.24. The maximum atomic E-state index is 10.3. The molecule has 0 aliphatic carbocycles. The zero-order chi connectivity index (χ0) is 17.8. The topological polar surface area (TPSA) is 56.5 Å². The van der Waals surface area contributed by atoms with Gasteiger partial charge in [-0.2, -0.15) is 0 Å². The molecule has 0 radical (unpaired) electrons. The van der Waals surface area contributed by atoms with E-state index in [2.05, 4.69) is 31.0 Å². The van der Waals surface area contributed by atoms with Crippen molar-refractivity contribution in [3.8, 4) is 11.5 Å². The zero-order valence-corrected chi connectivity index (χ0v) is 14.9. The van der Waals surface area contributed by atoms with Crippen molar-refractivity contribution in [1.29, 1.82) is 0 Å². The number of fused-ring (bicyclic) bond motifs is 1. The first kappa shape index (κ1) is 17.3. The normalized spacial score (nSPS) is 12.3. The van der Waals surface area contributed by atoms with Crippen LogP contribution < -0.4 is 9.47 Å². The van der Waals surface area contributed by atoms with E-state index in [-0.39, 0.29) is 6.61 Å². The van der Waals surface area contributed by atoms with Crippen molar-refractivity contribution in [3.63, 3.8) is 0 Å². The highest BCUT2D eigenvalue weighted by Crippen LogP contribution is 2.20. The molecule has 0 amide bonds. The van der Waals surface area contributed by atoms with E-state index in [1.165, 1.54) is 11.1 Å². The summed E-state index contributed by atoms with van der Waals surface area (Å²) < 4.78 is 13.0. The van der Waals surface area contributed by atoms with E-state index < -0.39 is 6.10 Å². The Morgan fingerprint density at radius 3 is 2.36 bits per heavy atom. The molecular formula is C20H24N2O3. The fourth-order valence-electron chi connectivity index (χ4n) is 2.73. The Morgan fingerprint density at radius 2 is 1.68 bits per heavy atom. The summed E-state index contributed by atoms with van der Waals surface area (Å²) in [7, 11) is 0. The van der Waals surface area contributed by atoms with Gasteiger partial charge >= 0.3 is 0 Å². The fraction of sp³-hybridized carbons (Fsp3) is 0.350. The van der Waals surface area contributed by atoms with Gasteiger partial charge in [0, 0.05) is 0 Å². The van der Waals surface area contributed by atoms with Gasteiger partial charge in [-0.05, 0) is 68.3 Å². The second kappa shape index (κ2) is 7.57. The molecule has 1 atom stereocenters. The molecule has 5 nitrogen and oxygen atoms in total. The van der Waals surface area contributed by atoms with Gasteiger partial charge in [-0.15, -0.1) is 0 Å². The summed E-state index contributed by atoms with van der Waals surface area (Å²) in [5, 5.41) is 10.3. The van der Waals surface area contributed by atoms with E-state index in [1.807, 2.05) is 35.8 Å². The van der Waals surface area contributed by atoms with Crippen molar-refractivity contribution in [2.75, 3.05) is 13.2 Å². The highest BCUT2D eigenvalue weighted by molar-refractivity contribution is 5.77. The van der Waals surface area contributed by atoms with Crippen LogP contribution >= 0.6 is 0 Å². The van der Waals surface area contributed by atoms with Crippen molar-refractivity contribution in [1.82, 2.24) is 9.55 Å². The maximum Gasteiger partial charge on any atom is 0.119 e. The van der Waals surface area contributed by atoms with Crippen LogP contribution in [0.1, 0.15) is 18.1 Å². The third-order valence-electron chi connectivity index (χ3n) is 4.22. The van der Waals surface area contributed by atoms with E-state index in [1.54, 1.807) is 6.33 Å². The van der Waals surface area contributed by atoms with Crippen LogP contribution in [0.15, 0.2) is 42.7 Å². The van der Waals surface area contributed by atoms with Gasteiger partial charge in [0.2, 0.25) is 0 Å². The molecule has 0 spiro atoms. The van der Waals surface area contributed by atoms with E-state index in [0.29, 0.717) is 18.9 Å². The summed E-state index contributed by atoms with van der Waals surface area (Å²) in [5.41, 5.74) is 4.41. The number of hydrogen-bond donors (Lipinski definition) is 1. The van der Waals surface area contributed by atoms with Crippen molar-refractivity contribution in [2.45, 2.75) is 33.4 Å². The minimum absolute atomic E-state index is 0.221. The lowest BCUT2D eigenvalue weighted by Crippen LogP contribution is -2.23. The molecule has 3 aromatic rings. The predicted octanol–water partition coefficient (Wildman–Crippen LogP) is 3.49. The number of aromatic nitrogens is 2. The fourth-order valence-corrected chi connectivity index (χ4v) is 2.73. The predicted molar refractivity (Wildman–Crippen MR) is 98.3 cm³/mol. The molecule has 0 aliphatic heterocycles. The van der Waals surface area contributed by atoms with Crippen LogP contribution in [-0.4, -0.2) is 34.0 Å². The van der Waals surface area contributed by atoms with Gasteiger partial charge in [-0.25, -0.2) is 4.98 Å².